The molecule has 18 nitrogen and oxygen atoms in total. The van der Waals surface area contributed by atoms with Crippen molar-refractivity contribution in [1.29, 1.82) is 5.41 Å². The van der Waals surface area contributed by atoms with Crippen LogP contribution in [-0.2, 0) is 0 Å². The van der Waals surface area contributed by atoms with Gasteiger partial charge in [-0.15, -0.1) is 0 Å². The van der Waals surface area contributed by atoms with Crippen LogP contribution in [-0.4, -0.2) is 83.6 Å². The number of nitrogens with one attached hydrogen (secondary N) is 3. The summed E-state index contributed by atoms with van der Waals surface area (Å²) < 4.78 is 3.95. The number of hydrogen-bond donors (Lipinski definition) is 10. The Bertz CT molecular complexity index is 2000. The van der Waals surface area contributed by atoms with Crippen LogP contribution < -0.4 is 45.5 Å². The molecule has 64 heavy (non-hydrogen) atoms. The molecule has 0 amide bonds. The number of aromatic nitrogens is 6. The third kappa shape index (κ3) is 25.0. The van der Waals surface area contributed by atoms with Gasteiger partial charge in [-0.3, -0.25) is 15.4 Å². The molecule has 360 valence electrons. The van der Waals surface area contributed by atoms with Gasteiger partial charge in [0.05, 0.1) is 34.7 Å². The van der Waals surface area contributed by atoms with Crippen molar-refractivity contribution in [2.45, 2.75) is 134 Å². The summed E-state index contributed by atoms with van der Waals surface area (Å²) in [5.74, 6) is 4.92. The third-order valence-electron chi connectivity index (χ3n) is 8.25. The lowest BCUT2D eigenvalue weighted by molar-refractivity contribution is 0.483. The van der Waals surface area contributed by atoms with E-state index >= 15 is 0 Å². The Morgan fingerprint density at radius 3 is 1.59 bits per heavy atom. The minimum absolute atomic E-state index is 0.162. The molecule has 1 saturated heterocycles. The first-order valence-electron chi connectivity index (χ1n) is 22.3. The second kappa shape index (κ2) is 30.8. The van der Waals surface area contributed by atoms with Crippen molar-refractivity contribution in [3.05, 3.63) is 60.9 Å². The summed E-state index contributed by atoms with van der Waals surface area (Å²) in [6.07, 6.45) is 5.97. The van der Waals surface area contributed by atoms with E-state index in [1.54, 1.807) is 6.20 Å². The predicted octanol–water partition coefficient (Wildman–Crippen LogP) is 7.29. The van der Waals surface area contributed by atoms with Crippen molar-refractivity contribution in [2.24, 2.45) is 50.7 Å². The maximum atomic E-state index is 7.00. The van der Waals surface area contributed by atoms with Gasteiger partial charge in [0.1, 0.15) is 0 Å². The Hall–Kier alpha value is -6.20. The van der Waals surface area contributed by atoms with Gasteiger partial charge in [0.15, 0.2) is 29.8 Å². The first kappa shape index (κ1) is 57.8. The van der Waals surface area contributed by atoms with E-state index in [2.05, 4.69) is 118 Å². The van der Waals surface area contributed by atoms with Gasteiger partial charge in [0.2, 0.25) is 5.95 Å². The van der Waals surface area contributed by atoms with Crippen molar-refractivity contribution in [2.75, 3.05) is 36.8 Å². The van der Waals surface area contributed by atoms with Crippen LogP contribution in [0.1, 0.15) is 122 Å². The lowest BCUT2D eigenvalue weighted by Crippen LogP contribution is -2.38. The van der Waals surface area contributed by atoms with Crippen LogP contribution in [0.2, 0.25) is 0 Å². The average molecular weight is 891 g/mol. The zero-order valence-electron chi connectivity index (χ0n) is 41.5. The van der Waals surface area contributed by atoms with Gasteiger partial charge in [0.25, 0.3) is 0 Å². The van der Waals surface area contributed by atoms with Gasteiger partial charge in [-0.05, 0) is 96.4 Å². The second-order valence-electron chi connectivity index (χ2n) is 17.8. The number of imidazole rings is 3. The van der Waals surface area contributed by atoms with Gasteiger partial charge < -0.3 is 64.5 Å². The number of para-hydroxylation sites is 4. The van der Waals surface area contributed by atoms with Gasteiger partial charge in [-0.1, -0.05) is 79.7 Å². The van der Waals surface area contributed by atoms with Gasteiger partial charge >= 0.3 is 0 Å². The molecule has 2 aliphatic rings. The Kier molecular flexibility index (Phi) is 27.8. The number of likely N-dealkylation sites (tertiary alicyclic amines) is 1. The SMILES string of the molecule is CC(C)C.CC(C)C.CC(C)C1CN=C(N)N1.CC(C)N=C(N)N.CC(C)n1c(N)nc2ccccc21.CC(C)n1ccnc1N.N=C(N)N1CCCC1.Nc1nc2ccccc2[nH]1. The number of nitrogens with two attached hydrogens (primary N) is 7. The summed E-state index contributed by atoms with van der Waals surface area (Å²) in [5, 5.41) is 10.1. The smallest absolute Gasteiger partial charge is 0.201 e. The van der Waals surface area contributed by atoms with Crippen LogP contribution in [0.4, 0.5) is 17.8 Å². The summed E-state index contributed by atoms with van der Waals surface area (Å²) in [6, 6.07) is 17.2. The van der Waals surface area contributed by atoms with Crippen LogP contribution >= 0.6 is 0 Å². The lowest BCUT2D eigenvalue weighted by atomic mass is 10.1. The van der Waals surface area contributed by atoms with Crippen LogP contribution in [0.15, 0.2) is 70.9 Å². The molecule has 0 aliphatic carbocycles. The van der Waals surface area contributed by atoms with Crippen molar-refractivity contribution in [3.63, 3.8) is 0 Å². The fourth-order valence-corrected chi connectivity index (χ4v) is 5.45. The second-order valence-corrected chi connectivity index (χ2v) is 17.8. The first-order valence-corrected chi connectivity index (χ1v) is 22.3. The zero-order valence-corrected chi connectivity index (χ0v) is 41.5. The maximum absolute atomic E-state index is 7.00. The molecule has 0 bridgehead atoms. The van der Waals surface area contributed by atoms with E-state index in [0.717, 1.165) is 53.5 Å². The molecule has 17 N–H and O–H groups in total. The predicted molar refractivity (Wildman–Crippen MR) is 275 cm³/mol. The molecular weight excluding hydrogens is 805 g/mol. The molecule has 5 aromatic rings. The monoisotopic (exact) mass is 891 g/mol. The number of benzene rings is 2. The lowest BCUT2D eigenvalue weighted by Gasteiger charge is -2.13. The van der Waals surface area contributed by atoms with Crippen molar-refractivity contribution >= 4 is 57.8 Å². The quantitative estimate of drug-likeness (QED) is 0.0628. The fourth-order valence-electron chi connectivity index (χ4n) is 5.45. The van der Waals surface area contributed by atoms with Crippen LogP contribution in [0, 0.1) is 23.2 Å². The maximum Gasteiger partial charge on any atom is 0.201 e. The molecule has 0 spiro atoms. The zero-order chi connectivity index (χ0) is 49.1. The van der Waals surface area contributed by atoms with Crippen LogP contribution in [0.3, 0.4) is 0 Å². The Labute approximate surface area is 383 Å². The van der Waals surface area contributed by atoms with Crippen LogP contribution in [0.5, 0.6) is 0 Å². The van der Waals surface area contributed by atoms with Crippen molar-refractivity contribution < 1.29 is 0 Å². The first-order chi connectivity index (χ1) is 29.9. The minimum Gasteiger partial charge on any atom is -0.370 e. The summed E-state index contributed by atoms with van der Waals surface area (Å²) in [5.41, 5.74) is 41.3. The van der Waals surface area contributed by atoms with Crippen molar-refractivity contribution in [1.82, 2.24) is 39.3 Å². The minimum atomic E-state index is 0.162. The molecule has 3 aromatic heterocycles. The van der Waals surface area contributed by atoms with Gasteiger partial charge in [-0.2, -0.15) is 0 Å². The summed E-state index contributed by atoms with van der Waals surface area (Å²) in [7, 11) is 0. The van der Waals surface area contributed by atoms with E-state index in [9.17, 15) is 0 Å². The number of fused-ring (bicyclic) bond motifs is 2. The van der Waals surface area contributed by atoms with E-state index in [1.807, 2.05) is 82.6 Å². The standard InChI is InChI=1S/C10H13N3.C7H7N3.C6H11N3.C6H13N3.C5H11N3.C4H11N3.2C4H10/c1-7(2)13-9-6-4-3-5-8(9)12-10(13)11;8-7-9-5-3-1-2-4-6(5)10-7;1-5(2)9-4-3-8-6(9)7;1-4(2)5-3-8-6(7)9-5;6-5(7)8-3-1-2-4-8;1-3(2)7-4(5)6;2*1-4(2)3/h3-7H,1-2H3,(H2,11,12);1-4H,(H3,8,9,10);3-5H,1-2H3,(H2,7,8);4-5H,3H2,1-2H3,(H3,7,8,9);1-4H2,(H3,6,7);3H,1-2H3,(H4,5,6,7);2*4H,1-3H3. The van der Waals surface area contributed by atoms with E-state index in [4.69, 9.17) is 45.5 Å². The number of nitrogen functional groups attached to an aromatic ring is 3. The highest BCUT2D eigenvalue weighted by molar-refractivity contribution is 5.80. The number of guanidine groups is 3. The molecule has 2 aromatic carbocycles. The molecule has 18 heteroatoms. The normalized spacial score (nSPS) is 13.6. The number of aliphatic imine (C=N–C) groups is 2. The molecule has 7 rings (SSSR count). The van der Waals surface area contributed by atoms with Gasteiger partial charge in [-0.25, -0.2) is 15.0 Å². The number of rotatable bonds is 4. The Morgan fingerprint density at radius 2 is 1.25 bits per heavy atom. The Balaban J connectivity index is 0.000000727. The number of aromatic amines is 1. The molecule has 5 heterocycles. The highest BCUT2D eigenvalue weighted by Crippen LogP contribution is 2.21. The largest absolute Gasteiger partial charge is 0.370 e. The Morgan fingerprint density at radius 1 is 0.719 bits per heavy atom. The van der Waals surface area contributed by atoms with Gasteiger partial charge in [0, 0.05) is 43.6 Å². The number of H-pyrrole nitrogens is 1. The highest BCUT2D eigenvalue weighted by Gasteiger charge is 2.17. The number of hydrogen-bond acceptors (Lipinski definition) is 11. The molecule has 0 radical (unpaired) electrons. The topological polar surface area (TPSA) is 310 Å². The third-order valence-corrected chi connectivity index (χ3v) is 8.25. The summed E-state index contributed by atoms with van der Waals surface area (Å²) >= 11 is 0. The van der Waals surface area contributed by atoms with E-state index in [0.29, 0.717) is 47.8 Å². The molecule has 1 atom stereocenters. The molecule has 1 unspecified atom stereocenters. The van der Waals surface area contributed by atoms with Crippen molar-refractivity contribution in [3.8, 4) is 0 Å². The molecule has 1 fully saturated rings. The molecular formula is C46H86N18. The van der Waals surface area contributed by atoms with E-state index in [1.165, 1.54) is 12.8 Å². The number of anilines is 3. The number of nitrogens with zero attached hydrogens (tertiary/aromatic N) is 8. The van der Waals surface area contributed by atoms with E-state index < -0.39 is 0 Å². The summed E-state index contributed by atoms with van der Waals surface area (Å²) in [4.78, 5) is 24.8. The fraction of sp³-hybridized carbons (Fsp3) is 0.565. The molecule has 2 aliphatic heterocycles. The summed E-state index contributed by atoms with van der Waals surface area (Å²) in [6.45, 7) is 32.3. The average Bonchev–Trinajstić information content (AvgIpc) is 4.02. The highest BCUT2D eigenvalue weighted by atomic mass is 15.2. The van der Waals surface area contributed by atoms with E-state index in [-0.39, 0.29) is 18.0 Å². The molecule has 0 saturated carbocycles. The van der Waals surface area contributed by atoms with Crippen LogP contribution in [0.25, 0.3) is 22.1 Å².